The van der Waals surface area contributed by atoms with E-state index < -0.39 is 0 Å². The Hall–Kier alpha value is -3.45. The third-order valence-electron chi connectivity index (χ3n) is 4.33. The van der Waals surface area contributed by atoms with Crippen LogP contribution in [0.1, 0.15) is 5.56 Å². The van der Waals surface area contributed by atoms with Crippen LogP contribution in [0.15, 0.2) is 82.4 Å². The summed E-state index contributed by atoms with van der Waals surface area (Å²) in [6.07, 6.45) is 0. The number of benzene rings is 3. The van der Waals surface area contributed by atoms with Crippen molar-refractivity contribution in [1.82, 2.24) is 10.2 Å². The average molecular weight is 420 g/mol. The molecule has 7 heteroatoms. The van der Waals surface area contributed by atoms with Crippen molar-refractivity contribution in [2.24, 2.45) is 0 Å². The van der Waals surface area contributed by atoms with E-state index in [-0.39, 0.29) is 0 Å². The monoisotopic (exact) mass is 420 g/mol. The number of aromatic nitrogens is 2. The molecule has 0 aliphatic rings. The second kappa shape index (κ2) is 9.37. The maximum Gasteiger partial charge on any atom is 0.277 e. The molecule has 0 spiro atoms. The molecule has 0 N–H and O–H groups in total. The summed E-state index contributed by atoms with van der Waals surface area (Å²) in [5.74, 6) is 3.91. The predicted octanol–water partition coefficient (Wildman–Crippen LogP) is 5.84. The molecule has 4 rings (SSSR count). The fourth-order valence-corrected chi connectivity index (χ4v) is 3.59. The molecular weight excluding hydrogens is 400 g/mol. The van der Waals surface area contributed by atoms with Gasteiger partial charge in [-0.2, -0.15) is 0 Å². The highest BCUT2D eigenvalue weighted by atomic mass is 32.2. The molecule has 0 atom stereocenters. The van der Waals surface area contributed by atoms with E-state index in [1.54, 1.807) is 14.2 Å². The maximum absolute atomic E-state index is 6.01. The molecule has 30 heavy (non-hydrogen) atoms. The first-order valence-corrected chi connectivity index (χ1v) is 10.2. The van der Waals surface area contributed by atoms with Gasteiger partial charge in [0, 0.05) is 16.9 Å². The number of nitrogens with zero attached hydrogens (tertiary/aromatic N) is 2. The lowest BCUT2D eigenvalue weighted by Crippen LogP contribution is -1.90. The quantitative estimate of drug-likeness (QED) is 0.332. The highest BCUT2D eigenvalue weighted by Gasteiger charge is 2.13. The van der Waals surface area contributed by atoms with E-state index >= 15 is 0 Å². The first kappa shape index (κ1) is 19.8. The molecule has 0 fully saturated rings. The van der Waals surface area contributed by atoms with E-state index in [0.717, 1.165) is 22.6 Å². The van der Waals surface area contributed by atoms with Crippen LogP contribution in [0.2, 0.25) is 0 Å². The Labute approximate surface area is 178 Å². The number of methoxy groups -OCH3 is 2. The largest absolute Gasteiger partial charge is 0.493 e. The lowest BCUT2D eigenvalue weighted by molar-refractivity contribution is 0.355. The zero-order valence-electron chi connectivity index (χ0n) is 16.6. The lowest BCUT2D eigenvalue weighted by atomic mass is 10.2. The molecule has 0 bridgehead atoms. The number of ether oxygens (including phenoxy) is 3. The van der Waals surface area contributed by atoms with Crippen LogP contribution in [-0.2, 0) is 5.75 Å². The van der Waals surface area contributed by atoms with Gasteiger partial charge in [-0.15, -0.1) is 10.2 Å². The molecule has 0 aliphatic heterocycles. The Bertz CT molecular complexity index is 1120. The van der Waals surface area contributed by atoms with Crippen LogP contribution in [0.3, 0.4) is 0 Å². The van der Waals surface area contributed by atoms with Crippen molar-refractivity contribution < 1.29 is 18.6 Å². The Morgan fingerprint density at radius 2 is 1.57 bits per heavy atom. The van der Waals surface area contributed by atoms with Crippen LogP contribution in [-0.4, -0.2) is 24.4 Å². The highest BCUT2D eigenvalue weighted by Crippen LogP contribution is 2.34. The minimum absolute atomic E-state index is 0.423. The van der Waals surface area contributed by atoms with Crippen LogP contribution in [0.25, 0.3) is 11.5 Å². The van der Waals surface area contributed by atoms with Crippen molar-refractivity contribution >= 4 is 11.8 Å². The number of rotatable bonds is 8. The van der Waals surface area contributed by atoms with Gasteiger partial charge in [0.05, 0.1) is 14.2 Å². The molecule has 6 nitrogen and oxygen atoms in total. The van der Waals surface area contributed by atoms with Crippen molar-refractivity contribution in [3.05, 3.63) is 78.4 Å². The molecule has 4 aromatic rings. The number of para-hydroxylation sites is 2. The van der Waals surface area contributed by atoms with Crippen LogP contribution >= 0.6 is 11.8 Å². The minimum atomic E-state index is 0.423. The second-order valence-corrected chi connectivity index (χ2v) is 7.18. The first-order valence-electron chi connectivity index (χ1n) is 9.26. The first-order chi connectivity index (χ1) is 14.8. The van der Waals surface area contributed by atoms with Crippen molar-refractivity contribution in [3.8, 4) is 34.5 Å². The Balaban J connectivity index is 1.47. The third kappa shape index (κ3) is 4.58. The molecule has 0 unspecified atom stereocenters. The lowest BCUT2D eigenvalue weighted by Gasteiger charge is -2.10. The Morgan fingerprint density at radius 3 is 2.37 bits per heavy atom. The van der Waals surface area contributed by atoms with E-state index in [0.29, 0.717) is 28.4 Å². The van der Waals surface area contributed by atoms with E-state index in [9.17, 15) is 0 Å². The van der Waals surface area contributed by atoms with Gasteiger partial charge in [0.15, 0.2) is 11.5 Å². The summed E-state index contributed by atoms with van der Waals surface area (Å²) in [5, 5.41) is 8.79. The van der Waals surface area contributed by atoms with Gasteiger partial charge < -0.3 is 18.6 Å². The van der Waals surface area contributed by atoms with E-state index in [1.807, 2.05) is 72.8 Å². The van der Waals surface area contributed by atoms with Crippen LogP contribution in [0, 0.1) is 0 Å². The average Bonchev–Trinajstić information content (AvgIpc) is 3.28. The van der Waals surface area contributed by atoms with Gasteiger partial charge in [-0.25, -0.2) is 0 Å². The molecular formula is C23H20N2O4S. The molecule has 0 radical (unpaired) electrons. The van der Waals surface area contributed by atoms with Gasteiger partial charge in [0.1, 0.15) is 11.5 Å². The van der Waals surface area contributed by atoms with Gasteiger partial charge in [0.2, 0.25) is 5.89 Å². The number of thioether (sulfide) groups is 1. The Morgan fingerprint density at radius 1 is 0.800 bits per heavy atom. The number of hydrogen-bond acceptors (Lipinski definition) is 7. The van der Waals surface area contributed by atoms with Crippen LogP contribution < -0.4 is 14.2 Å². The standard InChI is InChI=1S/C23H20N2O4S/c1-26-20-13-12-16(14-21(20)27-2)22-24-25-23(29-22)30-15-17-8-6-7-11-19(17)28-18-9-4-3-5-10-18/h3-14H,15H2,1-2H3. The van der Waals surface area contributed by atoms with E-state index in [1.165, 1.54) is 11.8 Å². The fraction of sp³-hybridized carbons (Fsp3) is 0.130. The van der Waals surface area contributed by atoms with Crippen molar-refractivity contribution in [3.63, 3.8) is 0 Å². The molecule has 1 heterocycles. The molecule has 0 saturated carbocycles. The predicted molar refractivity (Wildman–Crippen MR) is 115 cm³/mol. The molecule has 0 aliphatic carbocycles. The van der Waals surface area contributed by atoms with Gasteiger partial charge in [-0.05, 0) is 36.4 Å². The summed E-state index contributed by atoms with van der Waals surface area (Å²) < 4.78 is 22.4. The van der Waals surface area contributed by atoms with E-state index in [2.05, 4.69) is 10.2 Å². The van der Waals surface area contributed by atoms with Crippen molar-refractivity contribution in [2.45, 2.75) is 11.0 Å². The Kier molecular flexibility index (Phi) is 6.20. The van der Waals surface area contributed by atoms with Gasteiger partial charge in [-0.1, -0.05) is 48.2 Å². The summed E-state index contributed by atoms with van der Waals surface area (Å²) in [4.78, 5) is 0. The SMILES string of the molecule is COc1ccc(-c2nnc(SCc3ccccc3Oc3ccccc3)o2)cc1OC. The molecule has 3 aromatic carbocycles. The van der Waals surface area contributed by atoms with Crippen LogP contribution in [0.5, 0.6) is 23.0 Å². The summed E-state index contributed by atoms with van der Waals surface area (Å²) >= 11 is 1.46. The zero-order valence-corrected chi connectivity index (χ0v) is 17.4. The normalized spacial score (nSPS) is 10.6. The minimum Gasteiger partial charge on any atom is -0.493 e. The smallest absolute Gasteiger partial charge is 0.277 e. The summed E-state index contributed by atoms with van der Waals surface area (Å²) in [6, 6.07) is 23.1. The van der Waals surface area contributed by atoms with Crippen molar-refractivity contribution in [2.75, 3.05) is 14.2 Å². The second-order valence-electron chi connectivity index (χ2n) is 6.25. The van der Waals surface area contributed by atoms with Gasteiger partial charge in [-0.3, -0.25) is 0 Å². The highest BCUT2D eigenvalue weighted by molar-refractivity contribution is 7.98. The summed E-state index contributed by atoms with van der Waals surface area (Å²) in [7, 11) is 3.18. The van der Waals surface area contributed by atoms with Crippen molar-refractivity contribution in [1.29, 1.82) is 0 Å². The van der Waals surface area contributed by atoms with Gasteiger partial charge in [0.25, 0.3) is 5.22 Å². The molecule has 0 amide bonds. The molecule has 0 saturated heterocycles. The maximum atomic E-state index is 6.01. The number of hydrogen-bond donors (Lipinski definition) is 0. The van der Waals surface area contributed by atoms with Crippen LogP contribution in [0.4, 0.5) is 0 Å². The molecule has 1 aromatic heterocycles. The third-order valence-corrected chi connectivity index (χ3v) is 5.20. The fourth-order valence-electron chi connectivity index (χ4n) is 2.83. The summed E-state index contributed by atoms with van der Waals surface area (Å²) in [6.45, 7) is 0. The van der Waals surface area contributed by atoms with E-state index in [4.69, 9.17) is 18.6 Å². The molecule has 152 valence electrons. The zero-order chi connectivity index (χ0) is 20.8. The van der Waals surface area contributed by atoms with Gasteiger partial charge >= 0.3 is 0 Å². The summed E-state index contributed by atoms with van der Waals surface area (Å²) in [5.41, 5.74) is 1.80. The topological polar surface area (TPSA) is 66.6 Å².